The van der Waals surface area contributed by atoms with Gasteiger partial charge < -0.3 is 4.90 Å². The largest absolute Gasteiger partial charge is 0.453 e. The Balaban J connectivity index is 2.08. The van der Waals surface area contributed by atoms with Crippen LogP contribution < -0.4 is 4.90 Å². The fraction of sp³-hybridized carbons (Fsp3) is 0.429. The third-order valence-electron chi connectivity index (χ3n) is 3.86. The van der Waals surface area contributed by atoms with E-state index in [0.717, 1.165) is 15.6 Å². The molecule has 3 heterocycles. The molecule has 0 saturated heterocycles. The van der Waals surface area contributed by atoms with E-state index in [1.807, 2.05) is 6.20 Å². The van der Waals surface area contributed by atoms with Gasteiger partial charge in [-0.1, -0.05) is 0 Å². The van der Waals surface area contributed by atoms with Crippen molar-refractivity contribution in [2.45, 2.75) is 26.6 Å². The van der Waals surface area contributed by atoms with E-state index in [9.17, 15) is 13.2 Å². The second-order valence-corrected chi connectivity index (χ2v) is 5.71. The van der Waals surface area contributed by atoms with Crippen LogP contribution in [0.1, 0.15) is 22.5 Å². The van der Waals surface area contributed by atoms with Crippen molar-refractivity contribution in [1.82, 2.24) is 29.6 Å². The highest BCUT2D eigenvalue weighted by atomic mass is 19.4. The monoisotopic (exact) mass is 339 g/mol. The van der Waals surface area contributed by atoms with E-state index in [-0.39, 0.29) is 5.65 Å². The number of hydrogen-bond acceptors (Lipinski definition) is 5. The van der Waals surface area contributed by atoms with Crippen LogP contribution in [0.2, 0.25) is 0 Å². The summed E-state index contributed by atoms with van der Waals surface area (Å²) in [5.41, 5.74) is 2.41. The van der Waals surface area contributed by atoms with Gasteiger partial charge in [0.05, 0.1) is 6.20 Å². The number of fused-ring (bicyclic) bond motifs is 1. The van der Waals surface area contributed by atoms with Crippen LogP contribution in [0.25, 0.3) is 5.65 Å². The van der Waals surface area contributed by atoms with Crippen LogP contribution in [0.15, 0.2) is 12.4 Å². The SMILES string of the molecule is Cc1c(N(C)Cc2cnn(C)c2)nn2c(C(F)(F)F)nnc2c1C. The van der Waals surface area contributed by atoms with Gasteiger partial charge in [-0.25, -0.2) is 0 Å². The average Bonchev–Trinajstić information content (AvgIpc) is 3.08. The summed E-state index contributed by atoms with van der Waals surface area (Å²) >= 11 is 0. The molecule has 0 fully saturated rings. The van der Waals surface area contributed by atoms with Crippen molar-refractivity contribution in [2.75, 3.05) is 11.9 Å². The summed E-state index contributed by atoms with van der Waals surface area (Å²) in [6.45, 7) is 3.98. The van der Waals surface area contributed by atoms with Gasteiger partial charge in [-0.3, -0.25) is 4.68 Å². The van der Waals surface area contributed by atoms with Gasteiger partial charge in [0.1, 0.15) is 0 Å². The first kappa shape index (κ1) is 16.2. The molecule has 0 aliphatic rings. The second kappa shape index (κ2) is 5.46. The summed E-state index contributed by atoms with van der Waals surface area (Å²) in [5, 5.41) is 15.1. The Morgan fingerprint density at radius 1 is 1.17 bits per heavy atom. The fourth-order valence-electron chi connectivity index (χ4n) is 2.56. The Morgan fingerprint density at radius 3 is 2.46 bits per heavy atom. The van der Waals surface area contributed by atoms with Gasteiger partial charge in [-0.05, 0) is 13.8 Å². The number of halogens is 3. The third kappa shape index (κ3) is 2.68. The van der Waals surface area contributed by atoms with Gasteiger partial charge in [0.15, 0.2) is 11.5 Å². The minimum Gasteiger partial charge on any atom is -0.354 e. The molecule has 0 amide bonds. The maximum Gasteiger partial charge on any atom is 0.453 e. The zero-order chi connectivity index (χ0) is 17.6. The van der Waals surface area contributed by atoms with E-state index in [4.69, 9.17) is 0 Å². The molecular formula is C14H16F3N7. The van der Waals surface area contributed by atoms with E-state index in [2.05, 4.69) is 20.4 Å². The lowest BCUT2D eigenvalue weighted by atomic mass is 10.1. The summed E-state index contributed by atoms with van der Waals surface area (Å²) in [6.07, 6.45) is -1.07. The van der Waals surface area contributed by atoms with Crippen molar-refractivity contribution in [3.63, 3.8) is 0 Å². The highest BCUT2D eigenvalue weighted by molar-refractivity contribution is 5.59. The quantitative estimate of drug-likeness (QED) is 0.731. The predicted octanol–water partition coefficient (Wildman–Crippen LogP) is 2.13. The Hall–Kier alpha value is -2.65. The number of aryl methyl sites for hydroxylation is 2. The molecule has 0 aromatic carbocycles. The molecule has 10 heteroatoms. The normalized spacial score (nSPS) is 12.1. The van der Waals surface area contributed by atoms with Crippen LogP contribution in [-0.2, 0) is 19.8 Å². The van der Waals surface area contributed by atoms with E-state index >= 15 is 0 Å². The summed E-state index contributed by atoms with van der Waals surface area (Å²) in [5.74, 6) is -0.689. The first-order valence-electron chi connectivity index (χ1n) is 7.17. The minimum atomic E-state index is -4.62. The van der Waals surface area contributed by atoms with Crippen molar-refractivity contribution >= 4 is 11.5 Å². The van der Waals surface area contributed by atoms with Crippen LogP contribution in [-0.4, -0.2) is 36.6 Å². The number of nitrogens with zero attached hydrogens (tertiary/aromatic N) is 7. The summed E-state index contributed by atoms with van der Waals surface area (Å²) in [4.78, 5) is 1.78. The smallest absolute Gasteiger partial charge is 0.354 e. The first-order valence-corrected chi connectivity index (χ1v) is 7.17. The van der Waals surface area contributed by atoms with Crippen molar-refractivity contribution < 1.29 is 13.2 Å². The molecule has 0 unspecified atom stereocenters. The lowest BCUT2D eigenvalue weighted by molar-refractivity contribution is -0.146. The maximum absolute atomic E-state index is 13.1. The molecule has 0 aliphatic heterocycles. The average molecular weight is 339 g/mol. The molecule has 3 aromatic rings. The molecule has 0 atom stereocenters. The van der Waals surface area contributed by atoms with Crippen LogP contribution in [0.3, 0.4) is 0 Å². The molecule has 0 aliphatic carbocycles. The van der Waals surface area contributed by atoms with Crippen LogP contribution in [0.4, 0.5) is 19.0 Å². The number of rotatable bonds is 3. The Morgan fingerprint density at radius 2 is 1.88 bits per heavy atom. The number of alkyl halides is 3. The Labute approximate surface area is 135 Å². The van der Waals surface area contributed by atoms with Crippen LogP contribution in [0.5, 0.6) is 0 Å². The standard InChI is InChI=1S/C14H16F3N7/c1-8-9(2)12(22(3)6-10-5-18-23(4)7-10)21-24-11(8)19-20-13(24)14(15,16)17/h5,7H,6H2,1-4H3. The first-order chi connectivity index (χ1) is 11.2. The van der Waals surface area contributed by atoms with Crippen molar-refractivity contribution in [1.29, 1.82) is 0 Å². The molecule has 0 saturated carbocycles. The Bertz CT molecular complexity index is 894. The molecule has 0 spiro atoms. The maximum atomic E-state index is 13.1. The van der Waals surface area contributed by atoms with Crippen molar-refractivity contribution in [3.8, 4) is 0 Å². The van der Waals surface area contributed by atoms with E-state index < -0.39 is 12.0 Å². The molecule has 128 valence electrons. The number of hydrogen-bond donors (Lipinski definition) is 0. The zero-order valence-electron chi connectivity index (χ0n) is 13.6. The topological polar surface area (TPSA) is 64.1 Å². The zero-order valence-corrected chi connectivity index (χ0v) is 13.6. The molecule has 0 radical (unpaired) electrons. The lowest BCUT2D eigenvalue weighted by Gasteiger charge is -2.21. The summed E-state index contributed by atoms with van der Waals surface area (Å²) in [7, 11) is 3.57. The predicted molar refractivity (Wildman–Crippen MR) is 80.6 cm³/mol. The summed E-state index contributed by atoms with van der Waals surface area (Å²) < 4.78 is 41.7. The minimum absolute atomic E-state index is 0.110. The molecule has 0 N–H and O–H groups in total. The van der Waals surface area contributed by atoms with Gasteiger partial charge in [0, 0.05) is 43.5 Å². The highest BCUT2D eigenvalue weighted by Gasteiger charge is 2.38. The van der Waals surface area contributed by atoms with E-state index in [1.54, 1.807) is 43.7 Å². The van der Waals surface area contributed by atoms with Crippen molar-refractivity contribution in [2.24, 2.45) is 7.05 Å². The van der Waals surface area contributed by atoms with Gasteiger partial charge in [0.2, 0.25) is 0 Å². The fourth-order valence-corrected chi connectivity index (χ4v) is 2.56. The number of aromatic nitrogens is 6. The Kier molecular flexibility index (Phi) is 3.69. The van der Waals surface area contributed by atoms with Crippen LogP contribution in [0, 0.1) is 13.8 Å². The van der Waals surface area contributed by atoms with Crippen LogP contribution >= 0.6 is 0 Å². The van der Waals surface area contributed by atoms with Gasteiger partial charge in [0.25, 0.3) is 5.82 Å². The molecular weight excluding hydrogens is 323 g/mol. The van der Waals surface area contributed by atoms with Gasteiger partial charge >= 0.3 is 6.18 Å². The lowest BCUT2D eigenvalue weighted by Crippen LogP contribution is -2.22. The third-order valence-corrected chi connectivity index (χ3v) is 3.86. The molecule has 0 bridgehead atoms. The van der Waals surface area contributed by atoms with E-state index in [1.165, 1.54) is 0 Å². The number of anilines is 1. The van der Waals surface area contributed by atoms with Gasteiger partial charge in [-0.2, -0.15) is 22.8 Å². The van der Waals surface area contributed by atoms with Crippen molar-refractivity contribution in [3.05, 3.63) is 34.9 Å². The molecule has 7 nitrogen and oxygen atoms in total. The van der Waals surface area contributed by atoms with Gasteiger partial charge in [-0.15, -0.1) is 15.3 Å². The second-order valence-electron chi connectivity index (χ2n) is 5.71. The molecule has 24 heavy (non-hydrogen) atoms. The summed E-state index contributed by atoms with van der Waals surface area (Å²) in [6, 6.07) is 0. The molecule has 3 aromatic heterocycles. The molecule has 3 rings (SSSR count). The van der Waals surface area contributed by atoms with E-state index in [0.29, 0.717) is 17.9 Å². The highest BCUT2D eigenvalue weighted by Crippen LogP contribution is 2.30.